The van der Waals surface area contributed by atoms with Crippen LogP contribution in [0.15, 0.2) is 48.7 Å². The second kappa shape index (κ2) is 7.78. The Morgan fingerprint density at radius 1 is 1.24 bits per heavy atom. The number of thiazole rings is 1. The number of halogens is 2. The minimum absolute atomic E-state index is 0.308. The molecule has 1 aliphatic heterocycles. The van der Waals surface area contributed by atoms with Gasteiger partial charge in [-0.25, -0.2) is 9.78 Å². The Morgan fingerprint density at radius 2 is 2.03 bits per heavy atom. The van der Waals surface area contributed by atoms with Crippen molar-refractivity contribution < 1.29 is 14.3 Å². The summed E-state index contributed by atoms with van der Waals surface area (Å²) in [4.78, 5) is 30.3. The van der Waals surface area contributed by atoms with Crippen molar-refractivity contribution in [1.29, 1.82) is 0 Å². The summed E-state index contributed by atoms with van der Waals surface area (Å²) < 4.78 is 5.46. The third-order valence-electron chi connectivity index (χ3n) is 4.70. The molecule has 0 fully saturated rings. The average Bonchev–Trinajstić information content (AvgIpc) is 3.11. The molecule has 5 nitrogen and oxygen atoms in total. The van der Waals surface area contributed by atoms with Gasteiger partial charge in [0.15, 0.2) is 10.7 Å². The highest BCUT2D eigenvalue weighted by Crippen LogP contribution is 2.31. The monoisotopic (exact) mass is 446 g/mol. The molecular formula is C21H16Cl2N2O3S. The van der Waals surface area contributed by atoms with Crippen LogP contribution in [0.5, 0.6) is 0 Å². The number of carbonyl (C=O) groups excluding carboxylic acids is 2. The lowest BCUT2D eigenvalue weighted by Crippen LogP contribution is -2.48. The topological polar surface area (TPSA) is 68.3 Å². The van der Waals surface area contributed by atoms with Crippen LogP contribution in [-0.4, -0.2) is 22.5 Å². The molecule has 8 heteroatoms. The number of anilines is 1. The zero-order chi connectivity index (χ0) is 20.6. The largest absolute Gasteiger partial charge is 0.445 e. The van der Waals surface area contributed by atoms with Crippen LogP contribution < -0.4 is 5.32 Å². The molecule has 0 bridgehead atoms. The molecule has 1 unspecified atom stereocenters. The number of benzene rings is 2. The van der Waals surface area contributed by atoms with Crippen molar-refractivity contribution in [2.75, 3.05) is 5.32 Å². The van der Waals surface area contributed by atoms with Crippen molar-refractivity contribution in [1.82, 2.24) is 4.98 Å². The Bertz CT molecular complexity index is 1110. The van der Waals surface area contributed by atoms with Crippen molar-refractivity contribution in [3.8, 4) is 0 Å². The molecule has 4 rings (SSSR count). The molecule has 0 saturated heterocycles. The van der Waals surface area contributed by atoms with E-state index in [9.17, 15) is 9.59 Å². The van der Waals surface area contributed by atoms with Crippen LogP contribution in [0, 0.1) is 0 Å². The van der Waals surface area contributed by atoms with Crippen LogP contribution >= 0.6 is 34.5 Å². The van der Waals surface area contributed by atoms with Gasteiger partial charge in [0.25, 0.3) is 5.91 Å². The fourth-order valence-corrected chi connectivity index (χ4v) is 4.35. The third kappa shape index (κ3) is 4.15. The number of rotatable bonds is 4. The van der Waals surface area contributed by atoms with Crippen LogP contribution in [0.1, 0.15) is 33.3 Å². The predicted molar refractivity (Wildman–Crippen MR) is 114 cm³/mol. The van der Waals surface area contributed by atoms with E-state index in [0.717, 1.165) is 16.0 Å². The molecule has 3 aromatic rings. The Morgan fingerprint density at radius 3 is 2.83 bits per heavy atom. The maximum atomic E-state index is 12.8. The van der Waals surface area contributed by atoms with Crippen LogP contribution in [-0.2, 0) is 22.4 Å². The van der Waals surface area contributed by atoms with Crippen LogP contribution in [0.3, 0.4) is 0 Å². The summed E-state index contributed by atoms with van der Waals surface area (Å²) in [6.07, 6.45) is 2.62. The normalized spacial score (nSPS) is 18.1. The summed E-state index contributed by atoms with van der Waals surface area (Å²) in [6.45, 7) is 1.61. The van der Waals surface area contributed by atoms with Gasteiger partial charge in [-0.05, 0) is 36.2 Å². The van der Waals surface area contributed by atoms with E-state index in [4.69, 9.17) is 27.9 Å². The van der Waals surface area contributed by atoms with Gasteiger partial charge in [0.05, 0.1) is 15.6 Å². The number of amides is 1. The molecule has 1 atom stereocenters. The van der Waals surface area contributed by atoms with E-state index in [2.05, 4.69) is 10.3 Å². The molecule has 0 saturated carbocycles. The molecule has 148 valence electrons. The molecular weight excluding hydrogens is 431 g/mol. The summed E-state index contributed by atoms with van der Waals surface area (Å²) >= 11 is 13.4. The molecule has 2 heterocycles. The van der Waals surface area contributed by atoms with Gasteiger partial charge in [0.2, 0.25) is 0 Å². The molecule has 2 aromatic carbocycles. The second-order valence-electron chi connectivity index (χ2n) is 6.97. The summed E-state index contributed by atoms with van der Waals surface area (Å²) in [5.74, 6) is -0.903. The number of nitrogens with one attached hydrogen (secondary N) is 1. The van der Waals surface area contributed by atoms with Crippen molar-refractivity contribution in [2.45, 2.75) is 25.4 Å². The zero-order valence-corrected chi connectivity index (χ0v) is 17.7. The first kappa shape index (κ1) is 19.9. The number of fused-ring (bicyclic) bond motifs is 1. The van der Waals surface area contributed by atoms with Gasteiger partial charge in [0.1, 0.15) is 0 Å². The van der Waals surface area contributed by atoms with Gasteiger partial charge in [-0.15, -0.1) is 11.3 Å². The lowest BCUT2D eigenvalue weighted by Gasteiger charge is -2.32. The van der Waals surface area contributed by atoms with Gasteiger partial charge in [-0.1, -0.05) is 47.5 Å². The van der Waals surface area contributed by atoms with Gasteiger partial charge in [0, 0.05) is 23.9 Å². The fraction of sp³-hybridized carbons (Fsp3) is 0.190. The number of aromatic nitrogens is 1. The first-order valence-corrected chi connectivity index (χ1v) is 10.4. The SMILES string of the molecule is CC1(C(=O)Nc2ncc(Cc3ccc(Cl)c(Cl)c3)s2)Cc2ccccc2C(=O)O1. The lowest BCUT2D eigenvalue weighted by molar-refractivity contribution is -0.134. The highest BCUT2D eigenvalue weighted by atomic mass is 35.5. The van der Waals surface area contributed by atoms with E-state index >= 15 is 0 Å². The molecule has 1 amide bonds. The van der Waals surface area contributed by atoms with Gasteiger partial charge >= 0.3 is 5.97 Å². The molecule has 0 spiro atoms. The molecule has 0 aliphatic carbocycles. The van der Waals surface area contributed by atoms with E-state index in [0.29, 0.717) is 33.6 Å². The van der Waals surface area contributed by atoms with Crippen molar-refractivity contribution >= 4 is 51.5 Å². The molecule has 0 radical (unpaired) electrons. The Kier molecular flexibility index (Phi) is 5.34. The van der Waals surface area contributed by atoms with Crippen LogP contribution in [0.2, 0.25) is 10.0 Å². The van der Waals surface area contributed by atoms with Crippen molar-refractivity contribution in [2.24, 2.45) is 0 Å². The van der Waals surface area contributed by atoms with Crippen molar-refractivity contribution in [3.05, 3.63) is 80.3 Å². The average molecular weight is 447 g/mol. The molecule has 1 aromatic heterocycles. The maximum Gasteiger partial charge on any atom is 0.339 e. The molecule has 1 N–H and O–H groups in total. The standard InChI is InChI=1S/C21H16Cl2N2O3S/c1-21(10-13-4-2-3-5-15(13)18(26)28-21)19(27)25-20-24-11-14(29-20)8-12-6-7-16(22)17(23)9-12/h2-7,9,11H,8,10H2,1H3,(H,24,25,27). The molecule has 29 heavy (non-hydrogen) atoms. The fourth-order valence-electron chi connectivity index (χ4n) is 3.19. The summed E-state index contributed by atoms with van der Waals surface area (Å²) in [7, 11) is 0. The number of hydrogen-bond donors (Lipinski definition) is 1. The highest BCUT2D eigenvalue weighted by molar-refractivity contribution is 7.15. The van der Waals surface area contributed by atoms with E-state index in [1.807, 2.05) is 24.3 Å². The minimum Gasteiger partial charge on any atom is -0.445 e. The predicted octanol–water partition coefficient (Wildman–Crippen LogP) is 5.15. The van der Waals surface area contributed by atoms with Crippen molar-refractivity contribution in [3.63, 3.8) is 0 Å². The third-order valence-corrected chi connectivity index (χ3v) is 6.35. The number of carbonyl (C=O) groups is 2. The Balaban J connectivity index is 1.46. The van der Waals surface area contributed by atoms with Gasteiger partial charge < -0.3 is 4.74 Å². The van der Waals surface area contributed by atoms with Gasteiger partial charge in [-0.3, -0.25) is 10.1 Å². The molecule has 1 aliphatic rings. The summed E-state index contributed by atoms with van der Waals surface area (Å²) in [5, 5.41) is 4.22. The maximum absolute atomic E-state index is 12.8. The smallest absolute Gasteiger partial charge is 0.339 e. The highest BCUT2D eigenvalue weighted by Gasteiger charge is 2.42. The van der Waals surface area contributed by atoms with E-state index in [1.165, 1.54) is 11.3 Å². The number of hydrogen-bond acceptors (Lipinski definition) is 5. The zero-order valence-electron chi connectivity index (χ0n) is 15.4. The minimum atomic E-state index is -1.29. The number of ether oxygens (including phenoxy) is 1. The Labute approximate surface area is 181 Å². The Hall–Kier alpha value is -2.41. The first-order chi connectivity index (χ1) is 13.8. The first-order valence-electron chi connectivity index (χ1n) is 8.85. The van der Waals surface area contributed by atoms with Crippen LogP contribution in [0.25, 0.3) is 0 Å². The van der Waals surface area contributed by atoms with Gasteiger partial charge in [-0.2, -0.15) is 0 Å². The van der Waals surface area contributed by atoms with E-state index in [-0.39, 0.29) is 0 Å². The quantitative estimate of drug-likeness (QED) is 0.562. The van der Waals surface area contributed by atoms with E-state index in [1.54, 1.807) is 31.3 Å². The number of cyclic esters (lactones) is 1. The van der Waals surface area contributed by atoms with E-state index < -0.39 is 17.5 Å². The second-order valence-corrected chi connectivity index (χ2v) is 8.89. The van der Waals surface area contributed by atoms with Crippen LogP contribution in [0.4, 0.5) is 5.13 Å². The lowest BCUT2D eigenvalue weighted by atomic mass is 9.89. The summed E-state index contributed by atoms with van der Waals surface area (Å²) in [5.41, 5.74) is 0.989. The number of esters is 1. The number of nitrogens with zero attached hydrogens (tertiary/aromatic N) is 1. The summed E-state index contributed by atoms with van der Waals surface area (Å²) in [6, 6.07) is 12.6.